The largest absolute Gasteiger partial charge is 0.392 e. The van der Waals surface area contributed by atoms with Gasteiger partial charge < -0.3 is 10.2 Å². The highest BCUT2D eigenvalue weighted by Crippen LogP contribution is 2.63. The fourth-order valence-corrected chi connectivity index (χ4v) is 5.93. The van der Waals surface area contributed by atoms with E-state index in [-0.39, 0.29) is 34.7 Å². The van der Waals surface area contributed by atoms with Gasteiger partial charge in [0.1, 0.15) is 5.78 Å². The van der Waals surface area contributed by atoms with Crippen molar-refractivity contribution < 1.29 is 19.8 Å². The van der Waals surface area contributed by atoms with Crippen molar-refractivity contribution in [3.8, 4) is 0 Å². The maximum atomic E-state index is 12.4. The Morgan fingerprint density at radius 2 is 1.91 bits per heavy atom. The molecule has 23 heavy (non-hydrogen) atoms. The van der Waals surface area contributed by atoms with Gasteiger partial charge in [0.15, 0.2) is 5.78 Å². The summed E-state index contributed by atoms with van der Waals surface area (Å²) in [6, 6.07) is 0. The van der Waals surface area contributed by atoms with Gasteiger partial charge in [0.2, 0.25) is 0 Å². The van der Waals surface area contributed by atoms with E-state index in [1.807, 2.05) is 13.0 Å². The molecule has 0 saturated heterocycles. The number of ketones is 2. The third-order valence-electron chi connectivity index (χ3n) is 7.40. The predicted octanol–water partition coefficient (Wildman–Crippen LogP) is 1.80. The SMILES string of the molecule is CC12C=CC(=O)C=C1CC(O)C1C2CC(O)C2(C)C(=O)CCC12. The Hall–Kier alpha value is -1.26. The number of Topliss-reactive ketones (excluding diaryl/α,β-unsaturated/α-hetero) is 1. The molecule has 0 spiro atoms. The number of carbonyl (C=O) groups is 2. The standard InChI is InChI=1S/C19H24O4/c1-18-6-5-11(20)7-10(18)8-14(21)17-12-3-4-15(22)19(12,2)16(23)9-13(17)18/h5-7,12-14,16-17,21,23H,3-4,8-9H2,1-2H3. The fourth-order valence-electron chi connectivity index (χ4n) is 5.93. The smallest absolute Gasteiger partial charge is 0.178 e. The zero-order valence-corrected chi connectivity index (χ0v) is 13.7. The molecule has 2 N–H and O–H groups in total. The zero-order chi connectivity index (χ0) is 16.6. The van der Waals surface area contributed by atoms with E-state index in [1.54, 1.807) is 12.2 Å². The molecule has 4 aliphatic rings. The molecule has 7 atom stereocenters. The van der Waals surface area contributed by atoms with Crippen LogP contribution in [0.2, 0.25) is 0 Å². The summed E-state index contributed by atoms with van der Waals surface area (Å²) < 4.78 is 0. The van der Waals surface area contributed by atoms with Gasteiger partial charge in [-0.25, -0.2) is 0 Å². The van der Waals surface area contributed by atoms with Crippen molar-refractivity contribution >= 4 is 11.6 Å². The molecule has 4 aliphatic carbocycles. The monoisotopic (exact) mass is 316 g/mol. The molecule has 4 rings (SSSR count). The van der Waals surface area contributed by atoms with Crippen LogP contribution < -0.4 is 0 Å². The van der Waals surface area contributed by atoms with Crippen molar-refractivity contribution in [3.63, 3.8) is 0 Å². The first-order valence-corrected chi connectivity index (χ1v) is 8.62. The van der Waals surface area contributed by atoms with E-state index in [4.69, 9.17) is 0 Å². The number of allylic oxidation sites excluding steroid dienone is 3. The fraction of sp³-hybridized carbons (Fsp3) is 0.684. The molecule has 3 fully saturated rings. The topological polar surface area (TPSA) is 74.6 Å². The molecule has 0 aromatic carbocycles. The Labute approximate surface area is 136 Å². The number of carbonyl (C=O) groups excluding carboxylic acids is 2. The van der Waals surface area contributed by atoms with Crippen LogP contribution in [0.4, 0.5) is 0 Å². The number of rotatable bonds is 0. The van der Waals surface area contributed by atoms with Crippen LogP contribution in [0.5, 0.6) is 0 Å². The zero-order valence-electron chi connectivity index (χ0n) is 13.7. The highest BCUT2D eigenvalue weighted by Gasteiger charge is 2.64. The molecule has 0 aromatic rings. The first kappa shape index (κ1) is 15.3. The lowest BCUT2D eigenvalue weighted by Gasteiger charge is -2.58. The Morgan fingerprint density at radius 3 is 2.65 bits per heavy atom. The van der Waals surface area contributed by atoms with E-state index >= 15 is 0 Å². The molecular formula is C19H24O4. The van der Waals surface area contributed by atoms with Gasteiger partial charge >= 0.3 is 0 Å². The number of aliphatic hydroxyl groups is 2. The van der Waals surface area contributed by atoms with Gasteiger partial charge in [0, 0.05) is 11.8 Å². The second-order valence-electron chi connectivity index (χ2n) is 8.25. The van der Waals surface area contributed by atoms with Gasteiger partial charge in [-0.2, -0.15) is 0 Å². The second-order valence-corrected chi connectivity index (χ2v) is 8.25. The normalized spacial score (nSPS) is 51.8. The Bertz CT molecular complexity index is 648. The van der Waals surface area contributed by atoms with E-state index in [2.05, 4.69) is 6.92 Å². The minimum Gasteiger partial charge on any atom is -0.392 e. The number of aliphatic hydroxyl groups excluding tert-OH is 2. The van der Waals surface area contributed by atoms with Crippen LogP contribution in [0.1, 0.15) is 39.5 Å². The molecule has 7 unspecified atom stereocenters. The van der Waals surface area contributed by atoms with Crippen molar-refractivity contribution in [3.05, 3.63) is 23.8 Å². The van der Waals surface area contributed by atoms with Crippen molar-refractivity contribution in [1.29, 1.82) is 0 Å². The van der Waals surface area contributed by atoms with E-state index < -0.39 is 17.6 Å². The van der Waals surface area contributed by atoms with Crippen LogP contribution in [0.25, 0.3) is 0 Å². The highest BCUT2D eigenvalue weighted by molar-refractivity contribution is 6.01. The minimum absolute atomic E-state index is 0.00912. The Balaban J connectivity index is 1.80. The third-order valence-corrected chi connectivity index (χ3v) is 7.40. The van der Waals surface area contributed by atoms with Crippen molar-refractivity contribution in [1.82, 2.24) is 0 Å². The average molecular weight is 316 g/mol. The first-order valence-electron chi connectivity index (χ1n) is 8.62. The summed E-state index contributed by atoms with van der Waals surface area (Å²) in [4.78, 5) is 24.1. The molecular weight excluding hydrogens is 292 g/mol. The molecule has 3 saturated carbocycles. The average Bonchev–Trinajstić information content (AvgIpc) is 2.80. The molecule has 4 heteroatoms. The van der Waals surface area contributed by atoms with Crippen LogP contribution in [0, 0.1) is 28.6 Å². The van der Waals surface area contributed by atoms with Crippen LogP contribution in [-0.2, 0) is 9.59 Å². The lowest BCUT2D eigenvalue weighted by molar-refractivity contribution is -0.159. The summed E-state index contributed by atoms with van der Waals surface area (Å²) in [5.74, 6) is 0.223. The summed E-state index contributed by atoms with van der Waals surface area (Å²) in [5, 5.41) is 21.6. The van der Waals surface area contributed by atoms with Crippen molar-refractivity contribution in [2.45, 2.75) is 51.7 Å². The molecule has 0 aliphatic heterocycles. The van der Waals surface area contributed by atoms with Crippen LogP contribution >= 0.6 is 0 Å². The van der Waals surface area contributed by atoms with E-state index in [1.165, 1.54) is 0 Å². The maximum absolute atomic E-state index is 12.4. The van der Waals surface area contributed by atoms with Gasteiger partial charge in [-0.05, 0) is 56.1 Å². The lowest BCUT2D eigenvalue weighted by Crippen LogP contribution is -2.59. The maximum Gasteiger partial charge on any atom is 0.178 e. The molecule has 4 nitrogen and oxygen atoms in total. The van der Waals surface area contributed by atoms with Gasteiger partial charge in [0.25, 0.3) is 0 Å². The van der Waals surface area contributed by atoms with Crippen LogP contribution in [0.3, 0.4) is 0 Å². The summed E-state index contributed by atoms with van der Waals surface area (Å²) >= 11 is 0. The predicted molar refractivity (Wildman–Crippen MR) is 84.4 cm³/mol. The van der Waals surface area contributed by atoms with E-state index in [9.17, 15) is 19.8 Å². The second kappa shape index (κ2) is 4.64. The quantitative estimate of drug-likeness (QED) is 0.715. The number of hydrogen-bond donors (Lipinski definition) is 2. The molecule has 0 radical (unpaired) electrons. The molecule has 124 valence electrons. The molecule has 0 heterocycles. The lowest BCUT2D eigenvalue weighted by atomic mass is 9.47. The van der Waals surface area contributed by atoms with Crippen molar-refractivity contribution in [2.75, 3.05) is 0 Å². The molecule has 0 aromatic heterocycles. The molecule has 0 amide bonds. The Kier molecular flexibility index (Phi) is 3.08. The third kappa shape index (κ3) is 1.79. The van der Waals surface area contributed by atoms with Gasteiger partial charge in [-0.1, -0.05) is 18.6 Å². The van der Waals surface area contributed by atoms with Gasteiger partial charge in [0.05, 0.1) is 17.6 Å². The minimum atomic E-state index is -0.714. The van der Waals surface area contributed by atoms with Gasteiger partial charge in [-0.15, -0.1) is 0 Å². The number of hydrogen-bond acceptors (Lipinski definition) is 4. The summed E-state index contributed by atoms with van der Waals surface area (Å²) in [5.41, 5.74) is -0.0430. The number of fused-ring (bicyclic) bond motifs is 5. The van der Waals surface area contributed by atoms with Crippen molar-refractivity contribution in [2.24, 2.45) is 28.6 Å². The van der Waals surface area contributed by atoms with E-state index in [0.717, 1.165) is 12.0 Å². The van der Waals surface area contributed by atoms with Crippen LogP contribution in [-0.4, -0.2) is 34.0 Å². The van der Waals surface area contributed by atoms with Crippen LogP contribution in [0.15, 0.2) is 23.8 Å². The highest BCUT2D eigenvalue weighted by atomic mass is 16.3. The molecule has 0 bridgehead atoms. The summed E-state index contributed by atoms with van der Waals surface area (Å²) in [6.45, 7) is 3.99. The first-order chi connectivity index (χ1) is 10.8. The van der Waals surface area contributed by atoms with E-state index in [0.29, 0.717) is 19.3 Å². The summed E-state index contributed by atoms with van der Waals surface area (Å²) in [7, 11) is 0. The Morgan fingerprint density at radius 1 is 1.17 bits per heavy atom. The summed E-state index contributed by atoms with van der Waals surface area (Å²) in [6.07, 6.45) is 6.26. The van der Waals surface area contributed by atoms with Gasteiger partial charge in [-0.3, -0.25) is 9.59 Å².